The van der Waals surface area contributed by atoms with Gasteiger partial charge in [0, 0.05) is 18.4 Å². The topological polar surface area (TPSA) is 86.0 Å². The van der Waals surface area contributed by atoms with Crippen LogP contribution >= 0.6 is 0 Å². The van der Waals surface area contributed by atoms with E-state index < -0.39 is 15.9 Å². The van der Waals surface area contributed by atoms with Crippen LogP contribution in [-0.2, 0) is 22.8 Å². The molecule has 1 aromatic heterocycles. The van der Waals surface area contributed by atoms with E-state index in [0.717, 1.165) is 38.2 Å². The van der Waals surface area contributed by atoms with Gasteiger partial charge in [0.15, 0.2) is 9.84 Å². The molecule has 1 N–H and O–H groups in total. The van der Waals surface area contributed by atoms with Gasteiger partial charge in [-0.2, -0.15) is 5.10 Å². The fourth-order valence-corrected chi connectivity index (χ4v) is 4.46. The van der Waals surface area contributed by atoms with Crippen molar-refractivity contribution in [1.82, 2.24) is 19.7 Å². The summed E-state index contributed by atoms with van der Waals surface area (Å²) in [6, 6.07) is -0.475. The zero-order valence-electron chi connectivity index (χ0n) is 12.7. The molecule has 0 radical (unpaired) electrons. The molecule has 1 aromatic rings. The molecule has 3 heterocycles. The summed E-state index contributed by atoms with van der Waals surface area (Å²) in [7, 11) is -3.20. The van der Waals surface area contributed by atoms with Crippen LogP contribution in [0.1, 0.15) is 31.6 Å². The van der Waals surface area contributed by atoms with Gasteiger partial charge in [0.1, 0.15) is 5.82 Å². The lowest BCUT2D eigenvalue weighted by Crippen LogP contribution is -2.30. The van der Waals surface area contributed by atoms with E-state index in [-0.39, 0.29) is 11.4 Å². The number of hydrogen-bond acceptors (Lipinski definition) is 5. The molecule has 7 nitrogen and oxygen atoms in total. The SMILES string of the molecule is CCn1c(CC2CCNCC2)nn([C@H]2C=CS(=O)(=O)C2)c1=O. The van der Waals surface area contributed by atoms with Crippen LogP contribution in [0.15, 0.2) is 16.3 Å². The Kier molecular flexibility index (Phi) is 4.22. The fourth-order valence-electron chi connectivity index (χ4n) is 3.20. The Balaban J connectivity index is 1.86. The second-order valence-electron chi connectivity index (χ2n) is 6.01. The molecule has 0 aliphatic carbocycles. The van der Waals surface area contributed by atoms with Crippen molar-refractivity contribution in [3.63, 3.8) is 0 Å². The first-order valence-corrected chi connectivity index (χ1v) is 9.51. The first-order valence-electron chi connectivity index (χ1n) is 7.80. The van der Waals surface area contributed by atoms with Crippen LogP contribution in [0.3, 0.4) is 0 Å². The van der Waals surface area contributed by atoms with Gasteiger partial charge in [0.25, 0.3) is 0 Å². The normalized spacial score (nSPS) is 24.9. The van der Waals surface area contributed by atoms with Crippen LogP contribution in [0.4, 0.5) is 0 Å². The van der Waals surface area contributed by atoms with Crippen LogP contribution in [0.2, 0.25) is 0 Å². The molecule has 0 amide bonds. The monoisotopic (exact) mass is 326 g/mol. The molecule has 122 valence electrons. The number of hydrogen-bond donors (Lipinski definition) is 1. The van der Waals surface area contributed by atoms with E-state index in [1.54, 1.807) is 10.6 Å². The molecule has 22 heavy (non-hydrogen) atoms. The Morgan fingerprint density at radius 3 is 2.68 bits per heavy atom. The summed E-state index contributed by atoms with van der Waals surface area (Å²) in [5.74, 6) is 1.24. The summed E-state index contributed by atoms with van der Waals surface area (Å²) in [6.07, 6.45) is 4.50. The zero-order valence-corrected chi connectivity index (χ0v) is 13.6. The molecule has 8 heteroatoms. The summed E-state index contributed by atoms with van der Waals surface area (Å²) in [6.45, 7) is 4.49. The van der Waals surface area contributed by atoms with Crippen LogP contribution in [0.5, 0.6) is 0 Å². The van der Waals surface area contributed by atoms with E-state index in [9.17, 15) is 13.2 Å². The fraction of sp³-hybridized carbons (Fsp3) is 0.714. The minimum absolute atomic E-state index is 0.0690. The summed E-state index contributed by atoms with van der Waals surface area (Å²) >= 11 is 0. The second-order valence-corrected chi connectivity index (χ2v) is 7.94. The lowest BCUT2D eigenvalue weighted by atomic mass is 9.94. The van der Waals surface area contributed by atoms with Crippen molar-refractivity contribution in [1.29, 1.82) is 0 Å². The predicted octanol–water partition coefficient (Wildman–Crippen LogP) is 0.0900. The number of piperidine rings is 1. The van der Waals surface area contributed by atoms with Gasteiger partial charge in [-0.25, -0.2) is 17.9 Å². The van der Waals surface area contributed by atoms with E-state index >= 15 is 0 Å². The lowest BCUT2D eigenvalue weighted by molar-refractivity contribution is 0.362. The number of nitrogens with zero attached hydrogens (tertiary/aromatic N) is 3. The Morgan fingerprint density at radius 1 is 1.36 bits per heavy atom. The van der Waals surface area contributed by atoms with E-state index in [1.165, 1.54) is 10.1 Å². The molecule has 0 unspecified atom stereocenters. The third kappa shape index (κ3) is 3.03. The molecule has 2 aliphatic heterocycles. The summed E-state index contributed by atoms with van der Waals surface area (Å²) in [5.41, 5.74) is -0.210. The minimum atomic E-state index is -3.20. The Labute approximate surface area is 129 Å². The Bertz CT molecular complexity index is 726. The van der Waals surface area contributed by atoms with Crippen molar-refractivity contribution in [3.8, 4) is 0 Å². The lowest BCUT2D eigenvalue weighted by Gasteiger charge is -2.21. The largest absolute Gasteiger partial charge is 0.346 e. The molecule has 1 fully saturated rings. The first kappa shape index (κ1) is 15.5. The van der Waals surface area contributed by atoms with E-state index in [1.807, 2.05) is 6.92 Å². The van der Waals surface area contributed by atoms with Crippen molar-refractivity contribution in [2.75, 3.05) is 18.8 Å². The van der Waals surface area contributed by atoms with Crippen molar-refractivity contribution >= 4 is 9.84 Å². The highest BCUT2D eigenvalue weighted by Gasteiger charge is 2.28. The average molecular weight is 326 g/mol. The summed E-state index contributed by atoms with van der Waals surface area (Å²) in [5, 5.41) is 8.96. The minimum Gasteiger partial charge on any atom is -0.317 e. The average Bonchev–Trinajstić information content (AvgIpc) is 3.00. The van der Waals surface area contributed by atoms with Gasteiger partial charge < -0.3 is 5.32 Å². The molecule has 0 bridgehead atoms. The van der Waals surface area contributed by atoms with Gasteiger partial charge in [-0.3, -0.25) is 4.57 Å². The van der Waals surface area contributed by atoms with Crippen LogP contribution < -0.4 is 11.0 Å². The highest BCUT2D eigenvalue weighted by atomic mass is 32.2. The molecular formula is C14H22N4O3S. The van der Waals surface area contributed by atoms with Crippen molar-refractivity contribution in [2.24, 2.45) is 5.92 Å². The van der Waals surface area contributed by atoms with E-state index in [0.29, 0.717) is 12.5 Å². The highest BCUT2D eigenvalue weighted by Crippen LogP contribution is 2.20. The summed E-state index contributed by atoms with van der Waals surface area (Å²) in [4.78, 5) is 12.5. The number of rotatable bonds is 4. The Morgan fingerprint density at radius 2 is 2.09 bits per heavy atom. The highest BCUT2D eigenvalue weighted by molar-refractivity contribution is 7.94. The first-order chi connectivity index (χ1) is 10.5. The molecule has 1 atom stereocenters. The standard InChI is InChI=1S/C14H22N4O3S/c1-2-17-13(9-11-3-6-15-7-4-11)16-18(14(17)19)12-5-8-22(20,21)10-12/h5,8,11-12,15H,2-4,6-7,9-10H2,1H3/t12-/m0/s1. The Hall–Kier alpha value is -1.41. The molecule has 2 aliphatic rings. The summed E-state index contributed by atoms with van der Waals surface area (Å²) < 4.78 is 26.1. The number of sulfone groups is 1. The molecule has 0 spiro atoms. The smallest absolute Gasteiger partial charge is 0.317 e. The van der Waals surface area contributed by atoms with Crippen molar-refractivity contribution in [2.45, 2.75) is 38.8 Å². The number of aromatic nitrogens is 3. The molecular weight excluding hydrogens is 304 g/mol. The van der Waals surface area contributed by atoms with Crippen LogP contribution in [0, 0.1) is 5.92 Å². The quantitative estimate of drug-likeness (QED) is 0.847. The van der Waals surface area contributed by atoms with Crippen molar-refractivity contribution in [3.05, 3.63) is 27.8 Å². The molecule has 3 rings (SSSR count). The van der Waals surface area contributed by atoms with Gasteiger partial charge in [-0.15, -0.1) is 0 Å². The van der Waals surface area contributed by atoms with Crippen LogP contribution in [0.25, 0.3) is 0 Å². The van der Waals surface area contributed by atoms with Crippen molar-refractivity contribution < 1.29 is 8.42 Å². The third-order valence-corrected chi connectivity index (χ3v) is 5.81. The van der Waals surface area contributed by atoms with E-state index in [2.05, 4.69) is 10.4 Å². The maximum atomic E-state index is 12.5. The maximum absolute atomic E-state index is 12.5. The number of nitrogens with one attached hydrogen (secondary N) is 1. The van der Waals surface area contributed by atoms with Crippen LogP contribution in [-0.4, -0.2) is 41.6 Å². The van der Waals surface area contributed by atoms with Gasteiger partial charge in [-0.05, 0) is 44.8 Å². The number of allylic oxidation sites excluding steroid dienone is 1. The third-order valence-electron chi connectivity index (χ3n) is 4.43. The van der Waals surface area contributed by atoms with E-state index in [4.69, 9.17) is 0 Å². The van der Waals surface area contributed by atoms with Gasteiger partial charge in [0.2, 0.25) is 0 Å². The van der Waals surface area contributed by atoms with Gasteiger partial charge in [-0.1, -0.05) is 0 Å². The zero-order chi connectivity index (χ0) is 15.7. The van der Waals surface area contributed by atoms with Gasteiger partial charge >= 0.3 is 5.69 Å². The molecule has 0 saturated carbocycles. The second kappa shape index (κ2) is 6.00. The molecule has 1 saturated heterocycles. The predicted molar refractivity (Wildman–Crippen MR) is 83.4 cm³/mol. The molecule has 0 aromatic carbocycles. The van der Waals surface area contributed by atoms with Gasteiger partial charge in [0.05, 0.1) is 11.8 Å². The maximum Gasteiger partial charge on any atom is 0.346 e.